The van der Waals surface area contributed by atoms with Gasteiger partial charge in [0.2, 0.25) is 0 Å². The lowest BCUT2D eigenvalue weighted by atomic mass is 9.91. The molecule has 0 amide bonds. The fraction of sp³-hybridized carbons (Fsp3) is 0.538. The molecule has 4 atom stereocenters. The minimum absolute atomic E-state index is 0.174. The Labute approximate surface area is 105 Å². The van der Waals surface area contributed by atoms with E-state index in [2.05, 4.69) is 19.2 Å². The van der Waals surface area contributed by atoms with E-state index in [0.29, 0.717) is 5.92 Å². The monoisotopic (exact) mass is 253 g/mol. The van der Waals surface area contributed by atoms with Crippen LogP contribution in [0.4, 0.5) is 0 Å². The first-order valence-electron chi connectivity index (χ1n) is 5.86. The van der Waals surface area contributed by atoms with E-state index in [9.17, 15) is 4.21 Å². The molecular formula is C13H19NO2S. The van der Waals surface area contributed by atoms with Crippen LogP contribution in [0.2, 0.25) is 0 Å². The third-order valence-electron chi connectivity index (χ3n) is 3.68. The molecule has 4 unspecified atom stereocenters. The summed E-state index contributed by atoms with van der Waals surface area (Å²) in [6, 6.07) is 6.05. The summed E-state index contributed by atoms with van der Waals surface area (Å²) in [5.41, 5.74) is 1.11. The van der Waals surface area contributed by atoms with Crippen LogP contribution in [0.1, 0.15) is 25.5 Å². The van der Waals surface area contributed by atoms with Gasteiger partial charge in [0, 0.05) is 16.2 Å². The predicted octanol–water partition coefficient (Wildman–Crippen LogP) is 2.10. The van der Waals surface area contributed by atoms with Crippen molar-refractivity contribution in [2.24, 2.45) is 5.92 Å². The van der Waals surface area contributed by atoms with E-state index in [1.54, 1.807) is 7.11 Å². The molecule has 2 rings (SSSR count). The van der Waals surface area contributed by atoms with Gasteiger partial charge in [-0.1, -0.05) is 13.8 Å². The smallest absolute Gasteiger partial charge is 0.119 e. The van der Waals surface area contributed by atoms with Gasteiger partial charge in [-0.05, 0) is 36.7 Å². The van der Waals surface area contributed by atoms with Crippen LogP contribution < -0.4 is 10.1 Å². The SMILES string of the molecule is CNC1c2cc(OC)ccc2S(=O)C(C)C1C. The van der Waals surface area contributed by atoms with Gasteiger partial charge in [0.25, 0.3) is 0 Å². The highest BCUT2D eigenvalue weighted by molar-refractivity contribution is 7.85. The minimum Gasteiger partial charge on any atom is -0.497 e. The largest absolute Gasteiger partial charge is 0.497 e. The maximum absolute atomic E-state index is 12.3. The van der Waals surface area contributed by atoms with E-state index in [-0.39, 0.29) is 11.3 Å². The zero-order chi connectivity index (χ0) is 12.6. The number of benzene rings is 1. The van der Waals surface area contributed by atoms with Crippen molar-refractivity contribution in [2.45, 2.75) is 30.0 Å². The number of rotatable bonds is 2. The average Bonchev–Trinajstić information content (AvgIpc) is 2.36. The highest BCUT2D eigenvalue weighted by atomic mass is 32.2. The van der Waals surface area contributed by atoms with E-state index in [0.717, 1.165) is 16.2 Å². The van der Waals surface area contributed by atoms with Crippen LogP contribution in [-0.4, -0.2) is 23.6 Å². The van der Waals surface area contributed by atoms with Crippen LogP contribution in [0, 0.1) is 5.92 Å². The molecule has 0 spiro atoms. The Morgan fingerprint density at radius 2 is 2.06 bits per heavy atom. The number of hydrogen-bond acceptors (Lipinski definition) is 3. The molecule has 4 heteroatoms. The molecule has 0 aliphatic carbocycles. The first-order chi connectivity index (χ1) is 8.10. The molecule has 0 bridgehead atoms. The van der Waals surface area contributed by atoms with E-state index in [1.165, 1.54) is 0 Å². The molecule has 0 saturated carbocycles. The van der Waals surface area contributed by atoms with Gasteiger partial charge >= 0.3 is 0 Å². The molecule has 0 aromatic heterocycles. The summed E-state index contributed by atoms with van der Waals surface area (Å²) < 4.78 is 17.6. The third-order valence-corrected chi connectivity index (χ3v) is 5.59. The first-order valence-corrected chi connectivity index (χ1v) is 7.07. The van der Waals surface area contributed by atoms with Gasteiger partial charge in [-0.2, -0.15) is 0 Å². The van der Waals surface area contributed by atoms with Crippen molar-refractivity contribution >= 4 is 10.8 Å². The second-order valence-corrected chi connectivity index (χ2v) is 6.31. The fourth-order valence-corrected chi connectivity index (χ4v) is 4.02. The van der Waals surface area contributed by atoms with Crippen LogP contribution >= 0.6 is 0 Å². The van der Waals surface area contributed by atoms with Crippen LogP contribution in [-0.2, 0) is 10.8 Å². The lowest BCUT2D eigenvalue weighted by molar-refractivity contribution is 0.381. The third kappa shape index (κ3) is 2.00. The van der Waals surface area contributed by atoms with E-state index in [1.807, 2.05) is 25.2 Å². The molecule has 0 saturated heterocycles. The Kier molecular flexibility index (Phi) is 3.54. The molecule has 0 fully saturated rings. The normalized spacial score (nSPS) is 32.0. The van der Waals surface area contributed by atoms with Gasteiger partial charge in [0.05, 0.1) is 17.9 Å². The topological polar surface area (TPSA) is 38.3 Å². The van der Waals surface area contributed by atoms with E-state index in [4.69, 9.17) is 4.74 Å². The molecule has 1 aliphatic heterocycles. The van der Waals surface area contributed by atoms with Crippen LogP contribution in [0.3, 0.4) is 0 Å². The number of nitrogens with one attached hydrogen (secondary N) is 1. The van der Waals surface area contributed by atoms with Crippen LogP contribution in [0.25, 0.3) is 0 Å². The van der Waals surface area contributed by atoms with Gasteiger partial charge in [0.15, 0.2) is 0 Å². The zero-order valence-corrected chi connectivity index (χ0v) is 11.5. The predicted molar refractivity (Wildman–Crippen MR) is 69.8 cm³/mol. The molecule has 1 aromatic carbocycles. The number of fused-ring (bicyclic) bond motifs is 1. The van der Waals surface area contributed by atoms with E-state index >= 15 is 0 Å². The van der Waals surface area contributed by atoms with Crippen molar-refractivity contribution < 1.29 is 8.95 Å². The van der Waals surface area contributed by atoms with Crippen molar-refractivity contribution in [1.29, 1.82) is 0 Å². The van der Waals surface area contributed by atoms with Gasteiger partial charge < -0.3 is 10.1 Å². The number of methoxy groups -OCH3 is 1. The second-order valence-electron chi connectivity index (χ2n) is 4.53. The van der Waals surface area contributed by atoms with E-state index < -0.39 is 10.8 Å². The summed E-state index contributed by atoms with van der Waals surface area (Å²) in [5, 5.41) is 3.50. The minimum atomic E-state index is -0.918. The number of ether oxygens (including phenoxy) is 1. The quantitative estimate of drug-likeness (QED) is 0.877. The molecule has 3 nitrogen and oxygen atoms in total. The van der Waals surface area contributed by atoms with Crippen LogP contribution in [0.5, 0.6) is 5.75 Å². The summed E-state index contributed by atoms with van der Waals surface area (Å²) in [5.74, 6) is 1.17. The summed E-state index contributed by atoms with van der Waals surface area (Å²) in [6.07, 6.45) is 0. The first kappa shape index (κ1) is 12.6. The standard InChI is InChI=1S/C13H19NO2S/c1-8-9(2)17(15)12-6-5-10(16-4)7-11(12)13(8)14-3/h5-9,13-14H,1-4H3. The molecular weight excluding hydrogens is 234 g/mol. The molecule has 1 heterocycles. The second kappa shape index (κ2) is 4.78. The molecule has 1 aliphatic rings. The zero-order valence-electron chi connectivity index (χ0n) is 10.7. The van der Waals surface area contributed by atoms with Crippen LogP contribution in [0.15, 0.2) is 23.1 Å². The Balaban J connectivity index is 2.55. The summed E-state index contributed by atoms with van der Waals surface area (Å²) >= 11 is 0. The van der Waals surface area contributed by atoms with Crippen molar-refractivity contribution in [2.75, 3.05) is 14.2 Å². The molecule has 0 radical (unpaired) electrons. The van der Waals surface area contributed by atoms with Gasteiger partial charge in [-0.3, -0.25) is 4.21 Å². The van der Waals surface area contributed by atoms with Gasteiger partial charge in [-0.25, -0.2) is 0 Å². The number of hydrogen-bond donors (Lipinski definition) is 1. The molecule has 17 heavy (non-hydrogen) atoms. The summed E-state index contributed by atoms with van der Waals surface area (Å²) in [7, 11) is 2.69. The summed E-state index contributed by atoms with van der Waals surface area (Å²) in [4.78, 5) is 0.941. The Morgan fingerprint density at radius 3 is 2.65 bits per heavy atom. The Bertz CT molecular complexity index is 447. The lowest BCUT2D eigenvalue weighted by Gasteiger charge is -2.35. The summed E-state index contributed by atoms with van der Waals surface area (Å²) in [6.45, 7) is 4.20. The van der Waals surface area contributed by atoms with Crippen molar-refractivity contribution in [1.82, 2.24) is 5.32 Å². The van der Waals surface area contributed by atoms with Crippen molar-refractivity contribution in [3.8, 4) is 5.75 Å². The maximum atomic E-state index is 12.3. The highest BCUT2D eigenvalue weighted by Crippen LogP contribution is 2.39. The average molecular weight is 253 g/mol. The highest BCUT2D eigenvalue weighted by Gasteiger charge is 2.35. The fourth-order valence-electron chi connectivity index (χ4n) is 2.45. The van der Waals surface area contributed by atoms with Crippen molar-refractivity contribution in [3.63, 3.8) is 0 Å². The van der Waals surface area contributed by atoms with Crippen molar-refractivity contribution in [3.05, 3.63) is 23.8 Å². The molecule has 94 valence electrons. The van der Waals surface area contributed by atoms with Gasteiger partial charge in [-0.15, -0.1) is 0 Å². The maximum Gasteiger partial charge on any atom is 0.119 e. The Hall–Kier alpha value is -0.870. The molecule has 1 N–H and O–H groups in total. The van der Waals surface area contributed by atoms with Gasteiger partial charge in [0.1, 0.15) is 5.75 Å². The molecule has 1 aromatic rings. The Morgan fingerprint density at radius 1 is 1.35 bits per heavy atom. The lowest BCUT2D eigenvalue weighted by Crippen LogP contribution is -2.37.